The van der Waals surface area contributed by atoms with Gasteiger partial charge >= 0.3 is 0 Å². The molecule has 1 unspecified atom stereocenters. The number of nitrogens with one attached hydrogen (secondary N) is 2. The van der Waals surface area contributed by atoms with Gasteiger partial charge in [-0.2, -0.15) is 0 Å². The molecule has 0 aliphatic heterocycles. The van der Waals surface area contributed by atoms with Gasteiger partial charge in [-0.3, -0.25) is 4.79 Å². The van der Waals surface area contributed by atoms with Gasteiger partial charge in [-0.25, -0.2) is 0 Å². The number of hydrogen-bond acceptors (Lipinski definition) is 2. The van der Waals surface area contributed by atoms with Crippen LogP contribution in [0.15, 0.2) is 24.3 Å². The van der Waals surface area contributed by atoms with E-state index in [1.165, 1.54) is 12.8 Å². The van der Waals surface area contributed by atoms with E-state index in [-0.39, 0.29) is 5.91 Å². The van der Waals surface area contributed by atoms with E-state index in [1.807, 2.05) is 31.2 Å². The fourth-order valence-corrected chi connectivity index (χ4v) is 2.11. The SMILES string of the molecule is Cc1ccccc1NC(=O)CNC(C)CCCC(C)C. The van der Waals surface area contributed by atoms with Gasteiger partial charge in [0.2, 0.25) is 5.91 Å². The smallest absolute Gasteiger partial charge is 0.238 e. The van der Waals surface area contributed by atoms with Gasteiger partial charge in [0, 0.05) is 11.7 Å². The molecule has 0 saturated carbocycles. The largest absolute Gasteiger partial charge is 0.325 e. The Morgan fingerprint density at radius 2 is 1.85 bits per heavy atom. The zero-order valence-corrected chi connectivity index (χ0v) is 13.2. The van der Waals surface area contributed by atoms with Crippen molar-refractivity contribution in [2.75, 3.05) is 11.9 Å². The highest BCUT2D eigenvalue weighted by molar-refractivity contribution is 5.92. The molecule has 1 aromatic rings. The normalized spacial score (nSPS) is 12.4. The first-order chi connectivity index (χ1) is 9.49. The van der Waals surface area contributed by atoms with Gasteiger partial charge in [0.25, 0.3) is 0 Å². The van der Waals surface area contributed by atoms with Crippen LogP contribution in [0.5, 0.6) is 0 Å². The van der Waals surface area contributed by atoms with E-state index in [1.54, 1.807) is 0 Å². The minimum Gasteiger partial charge on any atom is -0.325 e. The van der Waals surface area contributed by atoms with Crippen LogP contribution in [0.2, 0.25) is 0 Å². The van der Waals surface area contributed by atoms with Crippen LogP contribution < -0.4 is 10.6 Å². The molecule has 0 aromatic heterocycles. The molecule has 1 rings (SSSR count). The fraction of sp³-hybridized carbons (Fsp3) is 0.588. The molecule has 1 amide bonds. The van der Waals surface area contributed by atoms with Gasteiger partial charge < -0.3 is 10.6 Å². The number of benzene rings is 1. The molecule has 0 aliphatic carbocycles. The average molecular weight is 276 g/mol. The number of rotatable bonds is 8. The summed E-state index contributed by atoms with van der Waals surface area (Å²) in [4.78, 5) is 11.9. The van der Waals surface area contributed by atoms with Crippen molar-refractivity contribution in [2.45, 2.75) is 53.0 Å². The molecule has 0 fully saturated rings. The highest BCUT2D eigenvalue weighted by Gasteiger charge is 2.07. The van der Waals surface area contributed by atoms with E-state index in [0.717, 1.165) is 23.6 Å². The Balaban J connectivity index is 2.24. The zero-order valence-electron chi connectivity index (χ0n) is 13.2. The maximum absolute atomic E-state index is 11.9. The number of carbonyl (C=O) groups excluding carboxylic acids is 1. The summed E-state index contributed by atoms with van der Waals surface area (Å²) >= 11 is 0. The number of carbonyl (C=O) groups is 1. The van der Waals surface area contributed by atoms with Crippen LogP contribution in [-0.4, -0.2) is 18.5 Å². The molecule has 0 spiro atoms. The molecule has 0 radical (unpaired) electrons. The van der Waals surface area contributed by atoms with Crippen LogP contribution in [0, 0.1) is 12.8 Å². The monoisotopic (exact) mass is 276 g/mol. The van der Waals surface area contributed by atoms with Gasteiger partial charge in [-0.1, -0.05) is 44.9 Å². The number of anilines is 1. The van der Waals surface area contributed by atoms with Crippen LogP contribution in [0.3, 0.4) is 0 Å². The summed E-state index contributed by atoms with van der Waals surface area (Å²) in [5, 5.41) is 6.22. The lowest BCUT2D eigenvalue weighted by Crippen LogP contribution is -2.34. The van der Waals surface area contributed by atoms with Gasteiger partial charge in [0.05, 0.1) is 6.54 Å². The van der Waals surface area contributed by atoms with Crippen molar-refractivity contribution in [3.05, 3.63) is 29.8 Å². The third kappa shape index (κ3) is 6.71. The highest BCUT2D eigenvalue weighted by atomic mass is 16.1. The summed E-state index contributed by atoms with van der Waals surface area (Å²) in [6.07, 6.45) is 3.59. The minimum atomic E-state index is 0.0232. The van der Waals surface area contributed by atoms with Crippen molar-refractivity contribution in [1.82, 2.24) is 5.32 Å². The average Bonchev–Trinajstić information content (AvgIpc) is 2.39. The highest BCUT2D eigenvalue weighted by Crippen LogP contribution is 2.12. The second-order valence-electron chi connectivity index (χ2n) is 5.97. The van der Waals surface area contributed by atoms with Crippen molar-refractivity contribution in [3.8, 4) is 0 Å². The number of amides is 1. The zero-order chi connectivity index (χ0) is 15.0. The quantitative estimate of drug-likeness (QED) is 0.759. The fourth-order valence-electron chi connectivity index (χ4n) is 2.11. The lowest BCUT2D eigenvalue weighted by Gasteiger charge is -2.15. The van der Waals surface area contributed by atoms with E-state index in [0.29, 0.717) is 12.6 Å². The molecule has 20 heavy (non-hydrogen) atoms. The lowest BCUT2D eigenvalue weighted by atomic mass is 10.0. The summed E-state index contributed by atoms with van der Waals surface area (Å²) < 4.78 is 0. The molecule has 0 heterocycles. The van der Waals surface area contributed by atoms with Crippen LogP contribution >= 0.6 is 0 Å². The maximum atomic E-state index is 11.9. The summed E-state index contributed by atoms with van der Waals surface area (Å²) in [5.41, 5.74) is 1.98. The molecular weight excluding hydrogens is 248 g/mol. The molecule has 0 saturated heterocycles. The van der Waals surface area contributed by atoms with Crippen molar-refractivity contribution >= 4 is 11.6 Å². The van der Waals surface area contributed by atoms with Gasteiger partial charge in [0.1, 0.15) is 0 Å². The van der Waals surface area contributed by atoms with E-state index in [2.05, 4.69) is 31.4 Å². The third-order valence-corrected chi connectivity index (χ3v) is 3.45. The van der Waals surface area contributed by atoms with Crippen molar-refractivity contribution in [2.24, 2.45) is 5.92 Å². The first kappa shape index (κ1) is 16.7. The van der Waals surface area contributed by atoms with Crippen LogP contribution in [0.4, 0.5) is 5.69 Å². The van der Waals surface area contributed by atoms with Gasteiger partial charge in [-0.05, 0) is 37.8 Å². The van der Waals surface area contributed by atoms with E-state index >= 15 is 0 Å². The summed E-state index contributed by atoms with van der Waals surface area (Å²) in [5.74, 6) is 0.779. The molecule has 1 aromatic carbocycles. The Labute approximate surface area is 123 Å². The molecule has 0 aliphatic rings. The van der Waals surface area contributed by atoms with Crippen molar-refractivity contribution in [1.29, 1.82) is 0 Å². The van der Waals surface area contributed by atoms with E-state index in [9.17, 15) is 4.79 Å². The first-order valence-corrected chi connectivity index (χ1v) is 7.58. The standard InChI is InChI=1S/C17H28N2O/c1-13(2)8-7-10-15(4)18-12-17(20)19-16-11-6-5-9-14(16)3/h5-6,9,11,13,15,18H,7-8,10,12H2,1-4H3,(H,19,20). The Morgan fingerprint density at radius 1 is 1.15 bits per heavy atom. The molecular formula is C17H28N2O. The molecule has 2 N–H and O–H groups in total. The maximum Gasteiger partial charge on any atom is 0.238 e. The van der Waals surface area contributed by atoms with Crippen LogP contribution in [0.25, 0.3) is 0 Å². The number of aryl methyl sites for hydroxylation is 1. The lowest BCUT2D eigenvalue weighted by molar-refractivity contribution is -0.115. The van der Waals surface area contributed by atoms with Crippen LogP contribution in [-0.2, 0) is 4.79 Å². The molecule has 3 nitrogen and oxygen atoms in total. The van der Waals surface area contributed by atoms with Crippen molar-refractivity contribution in [3.63, 3.8) is 0 Å². The Hall–Kier alpha value is -1.35. The van der Waals surface area contributed by atoms with E-state index in [4.69, 9.17) is 0 Å². The summed E-state index contributed by atoms with van der Waals surface area (Å²) in [7, 11) is 0. The Kier molecular flexibility index (Phi) is 7.31. The predicted octanol–water partition coefficient (Wildman–Crippen LogP) is 3.74. The molecule has 112 valence electrons. The van der Waals surface area contributed by atoms with Gasteiger partial charge in [-0.15, -0.1) is 0 Å². The predicted molar refractivity (Wildman–Crippen MR) is 86.0 cm³/mol. The summed E-state index contributed by atoms with van der Waals surface area (Å²) in [6, 6.07) is 8.22. The van der Waals surface area contributed by atoms with Crippen molar-refractivity contribution < 1.29 is 4.79 Å². The van der Waals surface area contributed by atoms with Crippen LogP contribution in [0.1, 0.15) is 45.6 Å². The van der Waals surface area contributed by atoms with Gasteiger partial charge in [0.15, 0.2) is 0 Å². The molecule has 1 atom stereocenters. The second kappa shape index (κ2) is 8.75. The topological polar surface area (TPSA) is 41.1 Å². The Bertz CT molecular complexity index is 415. The first-order valence-electron chi connectivity index (χ1n) is 7.58. The Morgan fingerprint density at radius 3 is 2.50 bits per heavy atom. The number of para-hydroxylation sites is 1. The third-order valence-electron chi connectivity index (χ3n) is 3.45. The van der Waals surface area contributed by atoms with E-state index < -0.39 is 0 Å². The number of hydrogen-bond donors (Lipinski definition) is 2. The second-order valence-corrected chi connectivity index (χ2v) is 5.97. The molecule has 0 bridgehead atoms. The molecule has 3 heteroatoms. The summed E-state index contributed by atoms with van der Waals surface area (Å²) in [6.45, 7) is 9.00. The minimum absolute atomic E-state index is 0.0232.